The molecule has 3 N–H and O–H groups in total. The summed E-state index contributed by atoms with van der Waals surface area (Å²) in [6.07, 6.45) is 2.25. The van der Waals surface area contributed by atoms with Crippen molar-refractivity contribution in [3.05, 3.63) is 0 Å². The summed E-state index contributed by atoms with van der Waals surface area (Å²) in [7, 11) is 0. The maximum Gasteiger partial charge on any atom is 0.224 e. The molecule has 4 nitrogen and oxygen atoms in total. The fraction of sp³-hybridized carbons (Fsp3) is 0.909. The van der Waals surface area contributed by atoms with Crippen molar-refractivity contribution >= 4 is 5.91 Å². The highest BCUT2D eigenvalue weighted by Crippen LogP contribution is 2.05. The van der Waals surface area contributed by atoms with Crippen molar-refractivity contribution in [1.82, 2.24) is 4.90 Å². The monoisotopic (exact) mass is 216 g/mol. The van der Waals surface area contributed by atoms with E-state index < -0.39 is 0 Å². The van der Waals surface area contributed by atoms with Crippen molar-refractivity contribution in [3.63, 3.8) is 0 Å². The first kappa shape index (κ1) is 14.4. The number of amides is 1. The number of carbonyl (C=O) groups is 1. The molecule has 1 amide bonds. The van der Waals surface area contributed by atoms with Gasteiger partial charge in [0.1, 0.15) is 0 Å². The lowest BCUT2D eigenvalue weighted by Gasteiger charge is -2.27. The van der Waals surface area contributed by atoms with Gasteiger partial charge in [0.05, 0.1) is 6.61 Å². The standard InChI is InChI=1S/C11H24N2O2/c1-4-5-10(12)8-11(15)13(6-7-14)9(2)3/h9-10,14H,4-8,12H2,1-3H3. The van der Waals surface area contributed by atoms with Crippen LogP contribution in [0.5, 0.6) is 0 Å². The SMILES string of the molecule is CCCC(N)CC(=O)N(CCO)C(C)C. The second kappa shape index (κ2) is 7.65. The third-order valence-corrected chi connectivity index (χ3v) is 2.38. The van der Waals surface area contributed by atoms with Gasteiger partial charge in [0.2, 0.25) is 5.91 Å². The average molecular weight is 216 g/mol. The number of hydrogen-bond donors (Lipinski definition) is 2. The lowest BCUT2D eigenvalue weighted by Crippen LogP contribution is -2.41. The molecular formula is C11H24N2O2. The fourth-order valence-corrected chi connectivity index (χ4v) is 1.59. The van der Waals surface area contributed by atoms with Crippen molar-refractivity contribution in [3.8, 4) is 0 Å². The zero-order valence-electron chi connectivity index (χ0n) is 10.1. The molecule has 0 heterocycles. The van der Waals surface area contributed by atoms with Crippen molar-refractivity contribution < 1.29 is 9.90 Å². The van der Waals surface area contributed by atoms with Crippen molar-refractivity contribution in [2.45, 2.75) is 52.1 Å². The van der Waals surface area contributed by atoms with Crippen LogP contribution in [0.1, 0.15) is 40.0 Å². The summed E-state index contributed by atoms with van der Waals surface area (Å²) in [5.74, 6) is 0.0417. The summed E-state index contributed by atoms with van der Waals surface area (Å²) in [5.41, 5.74) is 5.81. The van der Waals surface area contributed by atoms with Crippen LogP contribution in [0.2, 0.25) is 0 Å². The molecule has 0 aromatic heterocycles. The van der Waals surface area contributed by atoms with E-state index in [2.05, 4.69) is 6.92 Å². The Hall–Kier alpha value is -0.610. The summed E-state index contributed by atoms with van der Waals surface area (Å²) >= 11 is 0. The third kappa shape index (κ3) is 5.74. The highest BCUT2D eigenvalue weighted by molar-refractivity contribution is 5.77. The van der Waals surface area contributed by atoms with Gasteiger partial charge in [0, 0.05) is 25.0 Å². The van der Waals surface area contributed by atoms with Crippen LogP contribution >= 0.6 is 0 Å². The number of nitrogens with two attached hydrogens (primary N) is 1. The molecule has 0 radical (unpaired) electrons. The van der Waals surface area contributed by atoms with E-state index in [-0.39, 0.29) is 24.6 Å². The molecule has 1 atom stereocenters. The van der Waals surface area contributed by atoms with E-state index in [1.54, 1.807) is 4.90 Å². The van der Waals surface area contributed by atoms with E-state index >= 15 is 0 Å². The minimum Gasteiger partial charge on any atom is -0.395 e. The quantitative estimate of drug-likeness (QED) is 0.659. The van der Waals surface area contributed by atoms with E-state index in [0.717, 1.165) is 12.8 Å². The summed E-state index contributed by atoms with van der Waals surface area (Å²) in [4.78, 5) is 13.5. The van der Waals surface area contributed by atoms with Crippen LogP contribution in [0.3, 0.4) is 0 Å². The van der Waals surface area contributed by atoms with Gasteiger partial charge in [-0.1, -0.05) is 13.3 Å². The zero-order valence-corrected chi connectivity index (χ0v) is 10.1. The van der Waals surface area contributed by atoms with E-state index in [4.69, 9.17) is 10.8 Å². The first-order chi connectivity index (χ1) is 7.02. The van der Waals surface area contributed by atoms with E-state index in [0.29, 0.717) is 13.0 Å². The van der Waals surface area contributed by atoms with Gasteiger partial charge in [0.25, 0.3) is 0 Å². The van der Waals surface area contributed by atoms with Gasteiger partial charge in [-0.2, -0.15) is 0 Å². The van der Waals surface area contributed by atoms with Crippen LogP contribution in [0.25, 0.3) is 0 Å². The van der Waals surface area contributed by atoms with Gasteiger partial charge in [-0.05, 0) is 20.3 Å². The van der Waals surface area contributed by atoms with Crippen molar-refractivity contribution in [2.75, 3.05) is 13.2 Å². The van der Waals surface area contributed by atoms with Crippen LogP contribution in [-0.4, -0.2) is 41.1 Å². The van der Waals surface area contributed by atoms with E-state index in [9.17, 15) is 4.79 Å². The summed E-state index contributed by atoms with van der Waals surface area (Å²) in [6.45, 7) is 6.35. The molecule has 0 saturated carbocycles. The molecule has 0 rings (SSSR count). The number of nitrogens with zero attached hydrogens (tertiary/aromatic N) is 1. The Kier molecular flexibility index (Phi) is 7.34. The summed E-state index contributed by atoms with van der Waals surface area (Å²) in [6, 6.07) is 0.0703. The number of aliphatic hydroxyl groups excluding tert-OH is 1. The maximum atomic E-state index is 11.8. The predicted molar refractivity (Wildman–Crippen MR) is 61.4 cm³/mol. The molecule has 0 aromatic rings. The molecule has 0 aliphatic heterocycles. The lowest BCUT2D eigenvalue weighted by molar-refractivity contribution is -0.133. The van der Waals surface area contributed by atoms with Crippen LogP contribution in [0.15, 0.2) is 0 Å². The molecule has 90 valence electrons. The number of aliphatic hydroxyl groups is 1. The molecule has 0 bridgehead atoms. The molecule has 0 aliphatic carbocycles. The normalized spacial score (nSPS) is 12.9. The van der Waals surface area contributed by atoms with Gasteiger partial charge < -0.3 is 15.7 Å². The molecule has 0 aliphatic rings. The van der Waals surface area contributed by atoms with Crippen molar-refractivity contribution in [1.29, 1.82) is 0 Å². The third-order valence-electron chi connectivity index (χ3n) is 2.38. The molecule has 4 heteroatoms. The van der Waals surface area contributed by atoms with Crippen LogP contribution < -0.4 is 5.73 Å². The number of carbonyl (C=O) groups excluding carboxylic acids is 1. The van der Waals surface area contributed by atoms with Gasteiger partial charge in [0.15, 0.2) is 0 Å². The summed E-state index contributed by atoms with van der Waals surface area (Å²) in [5, 5.41) is 8.85. The second-order valence-corrected chi connectivity index (χ2v) is 4.16. The van der Waals surface area contributed by atoms with Crippen LogP contribution in [0, 0.1) is 0 Å². The Bertz CT molecular complexity index is 183. The van der Waals surface area contributed by atoms with Gasteiger partial charge >= 0.3 is 0 Å². The fourth-order valence-electron chi connectivity index (χ4n) is 1.59. The maximum absolute atomic E-state index is 11.8. The highest BCUT2D eigenvalue weighted by Gasteiger charge is 2.18. The highest BCUT2D eigenvalue weighted by atomic mass is 16.3. The number of rotatable bonds is 7. The Labute approximate surface area is 92.4 Å². The van der Waals surface area contributed by atoms with E-state index in [1.165, 1.54) is 0 Å². The van der Waals surface area contributed by atoms with Gasteiger partial charge in [-0.15, -0.1) is 0 Å². The largest absolute Gasteiger partial charge is 0.395 e. The molecule has 0 aromatic carbocycles. The summed E-state index contributed by atoms with van der Waals surface area (Å²) < 4.78 is 0. The Morgan fingerprint density at radius 3 is 2.47 bits per heavy atom. The topological polar surface area (TPSA) is 66.6 Å². The lowest BCUT2D eigenvalue weighted by atomic mass is 10.1. The molecule has 15 heavy (non-hydrogen) atoms. The molecule has 0 spiro atoms. The minimum atomic E-state index is -0.0533. The van der Waals surface area contributed by atoms with Crippen LogP contribution in [-0.2, 0) is 4.79 Å². The zero-order chi connectivity index (χ0) is 11.8. The second-order valence-electron chi connectivity index (χ2n) is 4.16. The molecule has 0 saturated heterocycles. The molecule has 1 unspecified atom stereocenters. The molecule has 0 fully saturated rings. The van der Waals surface area contributed by atoms with Crippen molar-refractivity contribution in [2.24, 2.45) is 5.73 Å². The minimum absolute atomic E-state index is 0.00688. The average Bonchev–Trinajstić information content (AvgIpc) is 2.13. The molecular weight excluding hydrogens is 192 g/mol. The Morgan fingerprint density at radius 1 is 1.47 bits per heavy atom. The first-order valence-corrected chi connectivity index (χ1v) is 5.68. The van der Waals surface area contributed by atoms with Gasteiger partial charge in [-0.3, -0.25) is 4.79 Å². The first-order valence-electron chi connectivity index (χ1n) is 5.68. The Morgan fingerprint density at radius 2 is 2.07 bits per heavy atom. The van der Waals surface area contributed by atoms with Crippen LogP contribution in [0.4, 0.5) is 0 Å². The smallest absolute Gasteiger partial charge is 0.224 e. The van der Waals surface area contributed by atoms with E-state index in [1.807, 2.05) is 13.8 Å². The predicted octanol–water partition coefficient (Wildman–Crippen LogP) is 0.733. The number of hydrogen-bond acceptors (Lipinski definition) is 3. The van der Waals surface area contributed by atoms with Gasteiger partial charge in [-0.25, -0.2) is 0 Å². The Balaban J connectivity index is 4.13.